The van der Waals surface area contributed by atoms with E-state index in [1.807, 2.05) is 30.3 Å². The molecule has 0 amide bonds. The molecule has 1 rings (SSSR count). The van der Waals surface area contributed by atoms with Crippen molar-refractivity contribution in [2.24, 2.45) is 11.7 Å². The van der Waals surface area contributed by atoms with Crippen LogP contribution in [0, 0.1) is 5.92 Å². The SMILES string of the molecule is CC(C)[C@@H](N)COc1ccccc1. The molecule has 0 aliphatic rings. The minimum absolute atomic E-state index is 0.111. The molecule has 0 radical (unpaired) electrons. The molecule has 13 heavy (non-hydrogen) atoms. The Morgan fingerprint density at radius 1 is 1.23 bits per heavy atom. The van der Waals surface area contributed by atoms with E-state index in [2.05, 4.69) is 13.8 Å². The monoisotopic (exact) mass is 179 g/mol. The Hall–Kier alpha value is -1.02. The van der Waals surface area contributed by atoms with Gasteiger partial charge in [0, 0.05) is 6.04 Å². The Morgan fingerprint density at radius 2 is 1.85 bits per heavy atom. The molecular formula is C11H17NO. The van der Waals surface area contributed by atoms with Crippen molar-refractivity contribution in [2.75, 3.05) is 6.61 Å². The molecule has 0 aliphatic heterocycles. The zero-order valence-corrected chi connectivity index (χ0v) is 8.23. The summed E-state index contributed by atoms with van der Waals surface area (Å²) in [7, 11) is 0. The molecule has 1 aromatic carbocycles. The van der Waals surface area contributed by atoms with Crippen LogP contribution in [0.3, 0.4) is 0 Å². The first-order valence-electron chi connectivity index (χ1n) is 4.63. The molecule has 1 atom stereocenters. The quantitative estimate of drug-likeness (QED) is 0.767. The molecule has 2 nitrogen and oxygen atoms in total. The number of ether oxygens (including phenoxy) is 1. The molecule has 0 aromatic heterocycles. The van der Waals surface area contributed by atoms with E-state index >= 15 is 0 Å². The van der Waals surface area contributed by atoms with E-state index in [1.54, 1.807) is 0 Å². The second-order valence-corrected chi connectivity index (χ2v) is 3.53. The minimum atomic E-state index is 0.111. The molecule has 0 saturated heterocycles. The van der Waals surface area contributed by atoms with Gasteiger partial charge < -0.3 is 10.5 Å². The third kappa shape index (κ3) is 3.47. The van der Waals surface area contributed by atoms with Crippen molar-refractivity contribution in [3.8, 4) is 5.75 Å². The van der Waals surface area contributed by atoms with Crippen molar-refractivity contribution in [3.63, 3.8) is 0 Å². The summed E-state index contributed by atoms with van der Waals surface area (Å²) in [4.78, 5) is 0. The standard InChI is InChI=1S/C11H17NO/c1-9(2)11(12)8-13-10-6-4-3-5-7-10/h3-7,9,11H,8,12H2,1-2H3/t11-/m0/s1. The van der Waals surface area contributed by atoms with Crippen LogP contribution in [-0.2, 0) is 0 Å². The zero-order chi connectivity index (χ0) is 9.68. The maximum atomic E-state index is 5.84. The molecule has 0 heterocycles. The van der Waals surface area contributed by atoms with Gasteiger partial charge in [0.05, 0.1) is 0 Å². The number of benzene rings is 1. The highest BCUT2D eigenvalue weighted by Gasteiger charge is 2.07. The van der Waals surface area contributed by atoms with E-state index in [0.29, 0.717) is 12.5 Å². The van der Waals surface area contributed by atoms with Crippen LogP contribution in [0.2, 0.25) is 0 Å². The minimum Gasteiger partial charge on any atom is -0.492 e. The Labute approximate surface area is 79.7 Å². The zero-order valence-electron chi connectivity index (χ0n) is 8.23. The number of nitrogens with two attached hydrogens (primary N) is 1. The molecule has 2 heteroatoms. The van der Waals surface area contributed by atoms with Crippen molar-refractivity contribution in [2.45, 2.75) is 19.9 Å². The van der Waals surface area contributed by atoms with Crippen molar-refractivity contribution >= 4 is 0 Å². The highest BCUT2D eigenvalue weighted by atomic mass is 16.5. The summed E-state index contributed by atoms with van der Waals surface area (Å²) in [5.74, 6) is 1.35. The van der Waals surface area contributed by atoms with Gasteiger partial charge >= 0.3 is 0 Å². The van der Waals surface area contributed by atoms with E-state index in [4.69, 9.17) is 10.5 Å². The second kappa shape index (κ2) is 4.87. The van der Waals surface area contributed by atoms with Crippen LogP contribution in [-0.4, -0.2) is 12.6 Å². The van der Waals surface area contributed by atoms with Gasteiger partial charge in [0.2, 0.25) is 0 Å². The lowest BCUT2D eigenvalue weighted by molar-refractivity contribution is 0.259. The second-order valence-electron chi connectivity index (χ2n) is 3.53. The lowest BCUT2D eigenvalue weighted by atomic mass is 10.1. The highest BCUT2D eigenvalue weighted by Crippen LogP contribution is 2.09. The molecule has 0 saturated carbocycles. The number of rotatable bonds is 4. The van der Waals surface area contributed by atoms with Gasteiger partial charge in [0.1, 0.15) is 12.4 Å². The molecule has 0 aliphatic carbocycles. The largest absolute Gasteiger partial charge is 0.492 e. The van der Waals surface area contributed by atoms with Crippen LogP contribution < -0.4 is 10.5 Å². The summed E-state index contributed by atoms with van der Waals surface area (Å²) < 4.78 is 5.50. The Bertz CT molecular complexity index is 233. The fourth-order valence-electron chi connectivity index (χ4n) is 0.902. The van der Waals surface area contributed by atoms with Crippen molar-refractivity contribution in [1.82, 2.24) is 0 Å². The van der Waals surface area contributed by atoms with Crippen LogP contribution in [0.4, 0.5) is 0 Å². The third-order valence-corrected chi connectivity index (χ3v) is 2.04. The Balaban J connectivity index is 2.35. The first kappa shape index (κ1) is 10.1. The lowest BCUT2D eigenvalue weighted by Crippen LogP contribution is -2.32. The van der Waals surface area contributed by atoms with Gasteiger partial charge in [-0.25, -0.2) is 0 Å². The summed E-state index contributed by atoms with van der Waals surface area (Å²) in [5, 5.41) is 0. The van der Waals surface area contributed by atoms with Crippen LogP contribution in [0.1, 0.15) is 13.8 Å². The molecule has 72 valence electrons. The fraction of sp³-hybridized carbons (Fsp3) is 0.455. The topological polar surface area (TPSA) is 35.2 Å². The third-order valence-electron chi connectivity index (χ3n) is 2.04. The molecular weight excluding hydrogens is 162 g/mol. The van der Waals surface area contributed by atoms with E-state index in [9.17, 15) is 0 Å². The van der Waals surface area contributed by atoms with Crippen molar-refractivity contribution in [1.29, 1.82) is 0 Å². The highest BCUT2D eigenvalue weighted by molar-refractivity contribution is 5.20. The molecule has 0 spiro atoms. The van der Waals surface area contributed by atoms with Crippen LogP contribution in [0.5, 0.6) is 5.75 Å². The Morgan fingerprint density at radius 3 is 2.38 bits per heavy atom. The van der Waals surface area contributed by atoms with E-state index in [-0.39, 0.29) is 6.04 Å². The van der Waals surface area contributed by atoms with Crippen molar-refractivity contribution < 1.29 is 4.74 Å². The van der Waals surface area contributed by atoms with Gasteiger partial charge in [-0.05, 0) is 18.1 Å². The van der Waals surface area contributed by atoms with Gasteiger partial charge in [0.25, 0.3) is 0 Å². The number of hydrogen-bond acceptors (Lipinski definition) is 2. The summed E-state index contributed by atoms with van der Waals surface area (Å²) in [6, 6.07) is 9.86. The number of hydrogen-bond donors (Lipinski definition) is 1. The van der Waals surface area contributed by atoms with Crippen LogP contribution >= 0.6 is 0 Å². The smallest absolute Gasteiger partial charge is 0.119 e. The Kier molecular flexibility index (Phi) is 3.77. The molecule has 0 unspecified atom stereocenters. The lowest BCUT2D eigenvalue weighted by Gasteiger charge is -2.16. The summed E-state index contributed by atoms with van der Waals surface area (Å²) in [6.07, 6.45) is 0. The summed E-state index contributed by atoms with van der Waals surface area (Å²) in [5.41, 5.74) is 5.84. The van der Waals surface area contributed by atoms with Gasteiger partial charge in [-0.1, -0.05) is 32.0 Å². The van der Waals surface area contributed by atoms with Gasteiger partial charge in [0.15, 0.2) is 0 Å². The molecule has 1 aromatic rings. The first-order chi connectivity index (χ1) is 6.20. The normalized spacial score (nSPS) is 12.9. The van der Waals surface area contributed by atoms with Gasteiger partial charge in [-0.2, -0.15) is 0 Å². The van der Waals surface area contributed by atoms with Crippen LogP contribution in [0.25, 0.3) is 0 Å². The van der Waals surface area contributed by atoms with E-state index in [1.165, 1.54) is 0 Å². The fourth-order valence-corrected chi connectivity index (χ4v) is 0.902. The maximum absolute atomic E-state index is 5.84. The van der Waals surface area contributed by atoms with E-state index in [0.717, 1.165) is 5.75 Å². The van der Waals surface area contributed by atoms with Gasteiger partial charge in [-0.15, -0.1) is 0 Å². The molecule has 0 fully saturated rings. The average molecular weight is 179 g/mol. The van der Waals surface area contributed by atoms with Crippen molar-refractivity contribution in [3.05, 3.63) is 30.3 Å². The predicted molar refractivity (Wildman–Crippen MR) is 54.8 cm³/mol. The van der Waals surface area contributed by atoms with Gasteiger partial charge in [-0.3, -0.25) is 0 Å². The van der Waals surface area contributed by atoms with Crippen LogP contribution in [0.15, 0.2) is 30.3 Å². The molecule has 0 bridgehead atoms. The molecule has 2 N–H and O–H groups in total. The predicted octanol–water partition coefficient (Wildman–Crippen LogP) is 2.05. The summed E-state index contributed by atoms with van der Waals surface area (Å²) in [6.45, 7) is 4.78. The maximum Gasteiger partial charge on any atom is 0.119 e. The average Bonchev–Trinajstić information content (AvgIpc) is 2.15. The first-order valence-corrected chi connectivity index (χ1v) is 4.63. The summed E-state index contributed by atoms with van der Waals surface area (Å²) >= 11 is 0. The van der Waals surface area contributed by atoms with E-state index < -0.39 is 0 Å². The number of para-hydroxylation sites is 1.